The van der Waals surface area contributed by atoms with Crippen LogP contribution in [0.1, 0.15) is 10.4 Å². The van der Waals surface area contributed by atoms with Crippen molar-refractivity contribution in [3.05, 3.63) is 36.2 Å². The number of rotatable bonds is 9. The van der Waals surface area contributed by atoms with Gasteiger partial charge in [0.05, 0.1) is 16.6 Å². The number of nitrogens with zero attached hydrogens (tertiary/aromatic N) is 7. The third kappa shape index (κ3) is 5.20. The summed E-state index contributed by atoms with van der Waals surface area (Å²) in [7, 11) is -2.17. The molecule has 2 N–H and O–H groups in total. The lowest BCUT2D eigenvalue weighted by molar-refractivity contribution is 0.0705. The van der Waals surface area contributed by atoms with Crippen molar-refractivity contribution < 1.29 is 18.4 Å². The highest BCUT2D eigenvalue weighted by molar-refractivity contribution is 7.89. The number of fused-ring (bicyclic) bond motifs is 1. The van der Waals surface area contributed by atoms with Crippen LogP contribution in [0, 0.1) is 0 Å². The van der Waals surface area contributed by atoms with Gasteiger partial charge in [-0.3, -0.25) is 10.0 Å². The molecular weight excluding hydrogens is 531 g/mol. The predicted molar refractivity (Wildman–Crippen MR) is 137 cm³/mol. The van der Waals surface area contributed by atoms with E-state index in [9.17, 15) is 13.2 Å². The van der Waals surface area contributed by atoms with E-state index in [-0.39, 0.29) is 23.8 Å². The van der Waals surface area contributed by atoms with Gasteiger partial charge in [0, 0.05) is 76.2 Å². The first-order valence-electron chi connectivity index (χ1n) is 11.1. The van der Waals surface area contributed by atoms with Crippen LogP contribution < -0.4 is 15.3 Å². The number of hydrogen-bond acceptors (Lipinski definition) is 9. The number of amides is 1. The van der Waals surface area contributed by atoms with Gasteiger partial charge < -0.3 is 14.4 Å². The summed E-state index contributed by atoms with van der Waals surface area (Å²) in [5.74, 6) is 0.541. The first-order chi connectivity index (χ1) is 17.3. The van der Waals surface area contributed by atoms with Gasteiger partial charge in [-0.1, -0.05) is 0 Å². The Labute approximate surface area is 218 Å². The van der Waals surface area contributed by atoms with Crippen molar-refractivity contribution in [2.24, 2.45) is 7.05 Å². The number of imidazole rings is 1. The van der Waals surface area contributed by atoms with E-state index in [4.69, 9.17) is 28.4 Å². The van der Waals surface area contributed by atoms with E-state index >= 15 is 0 Å². The molecule has 3 heterocycles. The van der Waals surface area contributed by atoms with Gasteiger partial charge in [-0.15, -0.1) is 23.2 Å². The molecule has 0 aliphatic carbocycles. The summed E-state index contributed by atoms with van der Waals surface area (Å²) in [6.07, 6.45) is 2.60. The van der Waals surface area contributed by atoms with Crippen molar-refractivity contribution >= 4 is 61.8 Å². The van der Waals surface area contributed by atoms with Crippen molar-refractivity contribution in [3.8, 4) is 0 Å². The predicted octanol–water partition coefficient (Wildman–Crippen LogP) is 1.28. The molecule has 1 amide bonds. The van der Waals surface area contributed by atoms with Crippen molar-refractivity contribution in [1.82, 2.24) is 29.3 Å². The van der Waals surface area contributed by atoms with Crippen LogP contribution in [0.3, 0.4) is 0 Å². The number of carbonyl (C=O) groups excluding carboxylic acids is 1. The Bertz CT molecular complexity index is 1320. The first kappa shape index (κ1) is 26.4. The van der Waals surface area contributed by atoms with E-state index < -0.39 is 15.9 Å². The van der Waals surface area contributed by atoms with E-state index in [1.165, 1.54) is 22.2 Å². The zero-order valence-corrected chi connectivity index (χ0v) is 21.8. The van der Waals surface area contributed by atoms with Crippen molar-refractivity contribution in [2.45, 2.75) is 5.16 Å². The molecule has 3 aromatic rings. The van der Waals surface area contributed by atoms with Crippen molar-refractivity contribution in [1.29, 1.82) is 0 Å². The van der Waals surface area contributed by atoms with Gasteiger partial charge >= 0.3 is 0 Å². The van der Waals surface area contributed by atoms with Gasteiger partial charge in [-0.2, -0.15) is 4.31 Å². The Morgan fingerprint density at radius 2 is 1.75 bits per heavy atom. The number of piperazine rings is 1. The summed E-state index contributed by atoms with van der Waals surface area (Å²) < 4.78 is 29.9. The minimum Gasteiger partial charge on any atom is -0.369 e. The van der Waals surface area contributed by atoms with E-state index in [1.807, 2.05) is 28.0 Å². The molecule has 1 aliphatic heterocycles. The van der Waals surface area contributed by atoms with E-state index in [0.717, 1.165) is 5.69 Å². The lowest BCUT2D eigenvalue weighted by Crippen LogP contribution is -2.49. The Hall–Kier alpha value is -2.71. The number of nitrogens with one attached hydrogen (secondary N) is 1. The number of hydrogen-bond donors (Lipinski definition) is 2. The minimum atomic E-state index is -3.85. The topological polar surface area (TPSA) is 137 Å². The van der Waals surface area contributed by atoms with Gasteiger partial charge in [-0.25, -0.2) is 28.8 Å². The number of aromatic nitrogens is 4. The molecule has 36 heavy (non-hydrogen) atoms. The number of halogens is 2. The summed E-state index contributed by atoms with van der Waals surface area (Å²) in [6.45, 7) is 2.40. The Balaban J connectivity index is 1.51. The van der Waals surface area contributed by atoms with Crippen LogP contribution in [-0.2, 0) is 17.1 Å². The van der Waals surface area contributed by atoms with Crippen molar-refractivity contribution in [3.63, 3.8) is 0 Å². The van der Waals surface area contributed by atoms with E-state index in [0.29, 0.717) is 54.9 Å². The standard InChI is InChI=1S/C21H26Cl2N8O4S/c1-28-18-3-2-16(29(6-4-22)7-5-23)12-17(18)26-21(28)36(34,35)31-10-8-30(9-11-31)20-24-13-15(14-25-20)19(32)27-33/h2-3,12-14,33H,4-11H2,1H3,(H,27,32). The molecule has 1 aliphatic rings. The molecule has 2 aromatic heterocycles. The lowest BCUT2D eigenvalue weighted by Gasteiger charge is -2.33. The minimum absolute atomic E-state index is 0.0278. The molecule has 0 radical (unpaired) electrons. The molecule has 0 bridgehead atoms. The molecule has 15 heteroatoms. The fourth-order valence-electron chi connectivity index (χ4n) is 4.08. The Morgan fingerprint density at radius 1 is 1.11 bits per heavy atom. The molecule has 1 aromatic carbocycles. The van der Waals surface area contributed by atoms with Gasteiger partial charge in [0.15, 0.2) is 0 Å². The van der Waals surface area contributed by atoms with Crippen molar-refractivity contribution in [2.75, 3.05) is 60.8 Å². The second kappa shape index (κ2) is 11.1. The normalized spacial score (nSPS) is 14.8. The molecule has 0 unspecified atom stereocenters. The quantitative estimate of drug-likeness (QED) is 0.227. The number of sulfonamides is 1. The largest absolute Gasteiger partial charge is 0.369 e. The van der Waals surface area contributed by atoms with Crippen LogP contribution in [-0.4, -0.2) is 94.4 Å². The highest BCUT2D eigenvalue weighted by Crippen LogP contribution is 2.26. The van der Waals surface area contributed by atoms with Crippen LogP contribution in [0.15, 0.2) is 35.7 Å². The number of benzene rings is 1. The first-order valence-corrected chi connectivity index (χ1v) is 13.7. The number of alkyl halides is 2. The Kier molecular flexibility index (Phi) is 8.15. The maximum atomic E-state index is 13.5. The van der Waals surface area contributed by atoms with E-state index in [2.05, 4.69) is 15.0 Å². The summed E-state index contributed by atoms with van der Waals surface area (Å²) in [5, 5.41) is 8.68. The lowest BCUT2D eigenvalue weighted by atomic mass is 10.2. The van der Waals surface area contributed by atoms with Gasteiger partial charge in [0.2, 0.25) is 11.1 Å². The molecule has 12 nitrogen and oxygen atoms in total. The molecule has 194 valence electrons. The Morgan fingerprint density at radius 3 is 2.33 bits per heavy atom. The zero-order chi connectivity index (χ0) is 25.9. The molecule has 0 spiro atoms. The monoisotopic (exact) mass is 556 g/mol. The summed E-state index contributed by atoms with van der Waals surface area (Å²) in [6, 6.07) is 5.61. The second-order valence-corrected chi connectivity index (χ2v) is 10.7. The van der Waals surface area contributed by atoms with Gasteiger partial charge in [0.25, 0.3) is 15.9 Å². The van der Waals surface area contributed by atoms with Crippen LogP contribution in [0.2, 0.25) is 0 Å². The zero-order valence-electron chi connectivity index (χ0n) is 19.5. The molecule has 1 fully saturated rings. The van der Waals surface area contributed by atoms with Crippen LogP contribution >= 0.6 is 23.2 Å². The molecule has 0 atom stereocenters. The summed E-state index contributed by atoms with van der Waals surface area (Å²) >= 11 is 11.8. The number of aryl methyl sites for hydroxylation is 1. The third-order valence-electron chi connectivity index (χ3n) is 5.99. The molecule has 4 rings (SSSR count). The fourth-order valence-corrected chi connectivity index (χ4v) is 6.02. The molecular formula is C21H26Cl2N8O4S. The number of anilines is 2. The average molecular weight is 557 g/mol. The maximum absolute atomic E-state index is 13.5. The number of carbonyl (C=O) groups is 1. The molecule has 1 saturated heterocycles. The number of hydroxylamine groups is 1. The maximum Gasteiger partial charge on any atom is 0.277 e. The third-order valence-corrected chi connectivity index (χ3v) is 8.20. The molecule has 0 saturated carbocycles. The summed E-state index contributed by atoms with van der Waals surface area (Å²) in [4.78, 5) is 28.1. The fraction of sp³-hybridized carbons (Fsp3) is 0.429. The van der Waals surface area contributed by atoms with Gasteiger partial charge in [-0.05, 0) is 18.2 Å². The SMILES string of the molecule is Cn1c(S(=O)(=O)N2CCN(c3ncc(C(=O)NO)cn3)CC2)nc2cc(N(CCCl)CCCl)ccc21. The van der Waals surface area contributed by atoms with Crippen LogP contribution in [0.25, 0.3) is 11.0 Å². The highest BCUT2D eigenvalue weighted by Gasteiger charge is 2.33. The second-order valence-electron chi connectivity index (χ2n) is 8.10. The highest BCUT2D eigenvalue weighted by atomic mass is 35.5. The smallest absolute Gasteiger partial charge is 0.277 e. The summed E-state index contributed by atoms with van der Waals surface area (Å²) in [5.41, 5.74) is 3.79. The average Bonchev–Trinajstić information content (AvgIpc) is 3.24. The van der Waals surface area contributed by atoms with Crippen LogP contribution in [0.5, 0.6) is 0 Å². The van der Waals surface area contributed by atoms with E-state index in [1.54, 1.807) is 11.6 Å². The van der Waals surface area contributed by atoms with Gasteiger partial charge in [0.1, 0.15) is 0 Å². The van der Waals surface area contributed by atoms with Crippen LogP contribution in [0.4, 0.5) is 11.6 Å².